The molecular weight excluding hydrogens is 288 g/mol. The number of halogens is 1. The van der Waals surface area contributed by atoms with Crippen molar-refractivity contribution in [2.45, 2.75) is 18.7 Å². The van der Waals surface area contributed by atoms with Gasteiger partial charge in [0.25, 0.3) is 0 Å². The Hall–Kier alpha value is -0.210. The van der Waals surface area contributed by atoms with E-state index in [0.717, 1.165) is 4.88 Å². The van der Waals surface area contributed by atoms with E-state index in [9.17, 15) is 8.42 Å². The Morgan fingerprint density at radius 1 is 1.69 bits per heavy atom. The second-order valence-electron chi connectivity index (χ2n) is 3.12. The van der Waals surface area contributed by atoms with Crippen LogP contribution in [0.2, 0.25) is 4.34 Å². The summed E-state index contributed by atoms with van der Waals surface area (Å²) >= 11 is 11.7. The van der Waals surface area contributed by atoms with Crippen LogP contribution in [0.4, 0.5) is 0 Å². The zero-order chi connectivity index (χ0) is 12.3. The van der Waals surface area contributed by atoms with Gasteiger partial charge in [-0.2, -0.15) is 0 Å². The minimum atomic E-state index is -3.50. The quantitative estimate of drug-likeness (QED) is 0.808. The highest BCUT2D eigenvalue weighted by Crippen LogP contribution is 2.21. The van der Waals surface area contributed by atoms with Crippen LogP contribution in [0.5, 0.6) is 0 Å². The molecular formula is C8H11ClN2O2S3. The molecule has 0 aliphatic rings. The molecule has 0 aromatic carbocycles. The van der Waals surface area contributed by atoms with Gasteiger partial charge in [-0.25, -0.2) is 13.1 Å². The second-order valence-corrected chi connectivity index (χ2v) is 7.47. The van der Waals surface area contributed by atoms with Gasteiger partial charge in [-0.3, -0.25) is 0 Å². The molecule has 0 aliphatic heterocycles. The lowest BCUT2D eigenvalue weighted by atomic mass is 10.5. The van der Waals surface area contributed by atoms with Gasteiger partial charge in [0.1, 0.15) is 5.25 Å². The fourth-order valence-corrected chi connectivity index (χ4v) is 3.31. The normalized spacial score (nSPS) is 13.6. The Bertz CT molecular complexity index is 483. The van der Waals surface area contributed by atoms with Crippen LogP contribution in [0.1, 0.15) is 11.8 Å². The Labute approximate surface area is 109 Å². The monoisotopic (exact) mass is 298 g/mol. The number of thiophene rings is 1. The Morgan fingerprint density at radius 2 is 2.31 bits per heavy atom. The average Bonchev–Trinajstić information content (AvgIpc) is 2.60. The van der Waals surface area contributed by atoms with E-state index in [2.05, 4.69) is 16.9 Å². The summed E-state index contributed by atoms with van der Waals surface area (Å²) in [4.78, 5) is 0.792. The summed E-state index contributed by atoms with van der Waals surface area (Å²) in [6.45, 7) is 1.65. The van der Waals surface area contributed by atoms with Crippen molar-refractivity contribution in [2.24, 2.45) is 5.73 Å². The van der Waals surface area contributed by atoms with Crippen LogP contribution >= 0.6 is 35.2 Å². The Balaban J connectivity index is 2.65. The fraction of sp³-hybridized carbons (Fsp3) is 0.375. The zero-order valence-corrected chi connectivity index (χ0v) is 11.6. The van der Waals surface area contributed by atoms with Crippen molar-refractivity contribution in [3.8, 4) is 0 Å². The van der Waals surface area contributed by atoms with Gasteiger partial charge in [0, 0.05) is 11.4 Å². The highest BCUT2D eigenvalue weighted by atomic mass is 35.5. The van der Waals surface area contributed by atoms with E-state index < -0.39 is 15.3 Å². The number of nitrogens with one attached hydrogen (secondary N) is 1. The fourth-order valence-electron chi connectivity index (χ4n) is 0.896. The topological polar surface area (TPSA) is 72.2 Å². The predicted octanol–water partition coefficient (Wildman–Crippen LogP) is 1.50. The maximum atomic E-state index is 11.6. The van der Waals surface area contributed by atoms with Gasteiger partial charge in [-0.05, 0) is 19.1 Å². The van der Waals surface area contributed by atoms with Crippen molar-refractivity contribution in [1.82, 2.24) is 4.72 Å². The summed E-state index contributed by atoms with van der Waals surface area (Å²) in [5, 5.41) is -0.877. The van der Waals surface area contributed by atoms with E-state index in [1.54, 1.807) is 12.1 Å². The van der Waals surface area contributed by atoms with Gasteiger partial charge in [0.15, 0.2) is 0 Å². The van der Waals surface area contributed by atoms with Crippen LogP contribution in [-0.4, -0.2) is 18.7 Å². The van der Waals surface area contributed by atoms with Gasteiger partial charge in [0.05, 0.1) is 9.32 Å². The van der Waals surface area contributed by atoms with Crippen molar-refractivity contribution in [2.75, 3.05) is 0 Å². The van der Waals surface area contributed by atoms with Crippen molar-refractivity contribution in [3.05, 3.63) is 21.3 Å². The van der Waals surface area contributed by atoms with Gasteiger partial charge in [0.2, 0.25) is 10.0 Å². The lowest BCUT2D eigenvalue weighted by Crippen LogP contribution is -2.39. The molecule has 0 aliphatic carbocycles. The summed E-state index contributed by atoms with van der Waals surface area (Å²) in [5.41, 5.74) is 5.29. The van der Waals surface area contributed by atoms with Crippen molar-refractivity contribution in [1.29, 1.82) is 0 Å². The largest absolute Gasteiger partial charge is 0.392 e. The molecule has 4 nitrogen and oxygen atoms in total. The molecule has 0 saturated carbocycles. The number of nitrogens with two attached hydrogens (primary N) is 1. The first kappa shape index (κ1) is 13.9. The molecule has 1 aromatic heterocycles. The number of sulfonamides is 1. The summed E-state index contributed by atoms with van der Waals surface area (Å²) in [6.07, 6.45) is 0. The molecule has 1 atom stereocenters. The van der Waals surface area contributed by atoms with Crippen molar-refractivity contribution >= 4 is 50.2 Å². The second kappa shape index (κ2) is 5.42. The number of hydrogen-bond donors (Lipinski definition) is 2. The maximum Gasteiger partial charge on any atom is 0.221 e. The van der Waals surface area contributed by atoms with Crippen LogP contribution in [0.25, 0.3) is 0 Å². The van der Waals surface area contributed by atoms with E-state index in [1.165, 1.54) is 18.3 Å². The van der Waals surface area contributed by atoms with Gasteiger partial charge in [-0.1, -0.05) is 23.8 Å². The van der Waals surface area contributed by atoms with Gasteiger partial charge in [-0.15, -0.1) is 11.3 Å². The van der Waals surface area contributed by atoms with Crippen LogP contribution in [0, 0.1) is 0 Å². The molecule has 0 radical (unpaired) electrons. The van der Waals surface area contributed by atoms with E-state index in [0.29, 0.717) is 4.34 Å². The van der Waals surface area contributed by atoms with E-state index in [1.807, 2.05) is 0 Å². The average molecular weight is 299 g/mol. The third-order valence-electron chi connectivity index (χ3n) is 1.94. The minimum absolute atomic E-state index is 0.0447. The first-order chi connectivity index (χ1) is 7.33. The Morgan fingerprint density at radius 3 is 2.75 bits per heavy atom. The molecule has 1 aromatic rings. The van der Waals surface area contributed by atoms with Gasteiger partial charge < -0.3 is 5.73 Å². The summed E-state index contributed by atoms with van der Waals surface area (Å²) < 4.78 is 26.3. The number of rotatable bonds is 5. The lowest BCUT2D eigenvalue weighted by Gasteiger charge is -2.11. The summed E-state index contributed by atoms with van der Waals surface area (Å²) in [6, 6.07) is 3.48. The number of thiocarbonyl (C=S) groups is 1. The van der Waals surface area contributed by atoms with Crippen LogP contribution < -0.4 is 10.5 Å². The molecule has 8 heteroatoms. The minimum Gasteiger partial charge on any atom is -0.392 e. The number of hydrogen-bond acceptors (Lipinski definition) is 4. The highest BCUT2D eigenvalue weighted by Gasteiger charge is 2.22. The molecule has 0 fully saturated rings. The molecule has 0 bridgehead atoms. The molecule has 0 amide bonds. The Kier molecular flexibility index (Phi) is 4.69. The van der Waals surface area contributed by atoms with Crippen molar-refractivity contribution in [3.63, 3.8) is 0 Å². The molecule has 0 spiro atoms. The summed E-state index contributed by atoms with van der Waals surface area (Å²) in [5.74, 6) is 0. The standard InChI is InChI=1S/C8H11ClN2O2S3/c1-5(8(10)14)16(12,13)11-4-6-2-3-7(9)15-6/h2-3,5,11H,4H2,1H3,(H2,10,14). The third kappa shape index (κ3) is 3.67. The summed E-state index contributed by atoms with van der Waals surface area (Å²) in [7, 11) is -3.50. The third-order valence-corrected chi connectivity index (χ3v) is 5.41. The van der Waals surface area contributed by atoms with Crippen LogP contribution in [-0.2, 0) is 16.6 Å². The maximum absolute atomic E-state index is 11.6. The van der Waals surface area contributed by atoms with Crippen LogP contribution in [0.3, 0.4) is 0 Å². The SMILES string of the molecule is CC(C(N)=S)S(=O)(=O)NCc1ccc(Cl)s1. The molecule has 16 heavy (non-hydrogen) atoms. The molecule has 1 unspecified atom stereocenters. The van der Waals surface area contributed by atoms with Crippen LogP contribution in [0.15, 0.2) is 12.1 Å². The van der Waals surface area contributed by atoms with Gasteiger partial charge >= 0.3 is 0 Å². The smallest absolute Gasteiger partial charge is 0.221 e. The first-order valence-electron chi connectivity index (χ1n) is 4.35. The molecule has 0 saturated heterocycles. The first-order valence-corrected chi connectivity index (χ1v) is 7.50. The van der Waals surface area contributed by atoms with E-state index in [-0.39, 0.29) is 11.5 Å². The van der Waals surface area contributed by atoms with E-state index >= 15 is 0 Å². The molecule has 1 rings (SSSR count). The van der Waals surface area contributed by atoms with E-state index in [4.69, 9.17) is 17.3 Å². The highest BCUT2D eigenvalue weighted by molar-refractivity contribution is 7.93. The molecule has 3 N–H and O–H groups in total. The predicted molar refractivity (Wildman–Crippen MR) is 71.3 cm³/mol. The lowest BCUT2D eigenvalue weighted by molar-refractivity contribution is 0.578. The molecule has 90 valence electrons. The molecule has 1 heterocycles. The zero-order valence-electron chi connectivity index (χ0n) is 8.44. The van der Waals surface area contributed by atoms with Crippen molar-refractivity contribution < 1.29 is 8.42 Å².